The topological polar surface area (TPSA) is 61.8 Å². The number of benzene rings is 2. The Morgan fingerprint density at radius 3 is 2.41 bits per heavy atom. The van der Waals surface area contributed by atoms with Gasteiger partial charge >= 0.3 is 11.9 Å². The molecule has 0 fully saturated rings. The van der Waals surface area contributed by atoms with E-state index in [1.807, 2.05) is 24.3 Å². The van der Waals surface area contributed by atoms with Crippen LogP contribution in [0.1, 0.15) is 30.5 Å². The van der Waals surface area contributed by atoms with Crippen molar-refractivity contribution in [3.63, 3.8) is 0 Å². The lowest BCUT2D eigenvalue weighted by Crippen LogP contribution is -2.57. The molecule has 150 valence electrons. The van der Waals surface area contributed by atoms with Crippen LogP contribution >= 0.6 is 11.6 Å². The van der Waals surface area contributed by atoms with Crippen molar-refractivity contribution in [3.05, 3.63) is 70.8 Å². The summed E-state index contributed by atoms with van der Waals surface area (Å²) in [7, 11) is 0. The summed E-state index contributed by atoms with van der Waals surface area (Å²) >= 11 is 6.20. The van der Waals surface area contributed by atoms with Crippen molar-refractivity contribution >= 4 is 29.1 Å². The number of halogens is 1. The van der Waals surface area contributed by atoms with Crippen LogP contribution < -0.4 is 4.74 Å². The minimum atomic E-state index is -1.74. The quantitative estimate of drug-likeness (QED) is 0.553. The molecule has 2 aromatic carbocycles. The van der Waals surface area contributed by atoms with E-state index in [2.05, 4.69) is 6.58 Å². The van der Waals surface area contributed by atoms with Gasteiger partial charge in [-0.2, -0.15) is 0 Å². The number of carbonyl (C=O) groups is 2. The largest absolute Gasteiger partial charge is 0.475 e. The molecule has 1 spiro atoms. The Morgan fingerprint density at radius 1 is 1.10 bits per heavy atom. The molecule has 1 aliphatic carbocycles. The van der Waals surface area contributed by atoms with Gasteiger partial charge in [0.15, 0.2) is 5.60 Å². The second-order valence-corrected chi connectivity index (χ2v) is 7.52. The summed E-state index contributed by atoms with van der Waals surface area (Å²) in [5.74, 6) is -0.863. The molecular weight excluding hydrogens is 392 g/mol. The van der Waals surface area contributed by atoms with Crippen molar-refractivity contribution < 1.29 is 23.8 Å². The molecule has 0 radical (unpaired) electrons. The number of rotatable bonds is 4. The molecule has 6 heteroatoms. The van der Waals surface area contributed by atoms with Crippen LogP contribution in [0.25, 0.3) is 5.57 Å². The second kappa shape index (κ2) is 6.92. The third-order valence-corrected chi connectivity index (χ3v) is 5.89. The highest BCUT2D eigenvalue weighted by Gasteiger charge is 2.73. The Morgan fingerprint density at radius 2 is 1.76 bits per heavy atom. The van der Waals surface area contributed by atoms with Gasteiger partial charge in [0, 0.05) is 28.1 Å². The smallest absolute Gasteiger partial charge is 0.328 e. The molecule has 1 unspecified atom stereocenters. The lowest BCUT2D eigenvalue weighted by atomic mass is 9.68. The van der Waals surface area contributed by atoms with E-state index in [4.69, 9.17) is 25.8 Å². The average molecular weight is 413 g/mol. The van der Waals surface area contributed by atoms with Crippen LogP contribution in [0.4, 0.5) is 0 Å². The first-order valence-electron chi connectivity index (χ1n) is 9.53. The molecule has 4 rings (SSSR count). The summed E-state index contributed by atoms with van der Waals surface area (Å²) in [6, 6.07) is 12.6. The van der Waals surface area contributed by atoms with Crippen LogP contribution in [0.2, 0.25) is 5.02 Å². The van der Waals surface area contributed by atoms with Crippen molar-refractivity contribution in [2.75, 3.05) is 13.2 Å². The van der Waals surface area contributed by atoms with Gasteiger partial charge in [-0.05, 0) is 37.6 Å². The lowest BCUT2D eigenvalue weighted by molar-refractivity contribution is -0.183. The van der Waals surface area contributed by atoms with E-state index in [9.17, 15) is 9.59 Å². The van der Waals surface area contributed by atoms with E-state index >= 15 is 0 Å². The Hall–Kier alpha value is -2.79. The van der Waals surface area contributed by atoms with Crippen molar-refractivity contribution in [1.82, 2.24) is 0 Å². The molecule has 0 amide bonds. The molecule has 1 atom stereocenters. The predicted octanol–water partition coefficient (Wildman–Crippen LogP) is 4.31. The van der Waals surface area contributed by atoms with E-state index in [1.165, 1.54) is 0 Å². The van der Waals surface area contributed by atoms with Gasteiger partial charge in [-0.25, -0.2) is 0 Å². The minimum absolute atomic E-state index is 0.0988. The molecule has 0 bridgehead atoms. The Bertz CT molecular complexity index is 1010. The molecule has 1 aliphatic heterocycles. The van der Waals surface area contributed by atoms with Gasteiger partial charge in [0.2, 0.25) is 5.41 Å². The van der Waals surface area contributed by atoms with E-state index in [0.717, 1.165) is 5.56 Å². The zero-order valence-electron chi connectivity index (χ0n) is 16.3. The molecule has 5 nitrogen and oxygen atoms in total. The standard InChI is InChI=1S/C23H21ClO5/c1-4-27-20(25)22(21(26)28-5-2)13-15-8-6-7-9-18(15)23(22)14(3)17-12-16(24)10-11-19(17)29-23/h6-12H,3-5,13H2,1-2H3. The molecule has 0 N–H and O–H groups in total. The highest BCUT2D eigenvalue weighted by atomic mass is 35.5. The van der Waals surface area contributed by atoms with Crippen LogP contribution in [0.3, 0.4) is 0 Å². The Kier molecular flexibility index (Phi) is 4.66. The van der Waals surface area contributed by atoms with Gasteiger partial charge in [0.1, 0.15) is 5.75 Å². The molecule has 0 aromatic heterocycles. The third kappa shape index (κ3) is 2.47. The zero-order valence-corrected chi connectivity index (χ0v) is 17.0. The van der Waals surface area contributed by atoms with Crippen molar-refractivity contribution in [2.45, 2.75) is 25.9 Å². The Labute approximate surface area is 174 Å². The summed E-state index contributed by atoms with van der Waals surface area (Å²) in [5.41, 5.74) is -0.541. The van der Waals surface area contributed by atoms with Gasteiger partial charge in [0.05, 0.1) is 13.2 Å². The highest BCUT2D eigenvalue weighted by Crippen LogP contribution is 2.64. The maximum atomic E-state index is 13.4. The number of hydrogen-bond donors (Lipinski definition) is 0. The first-order valence-corrected chi connectivity index (χ1v) is 9.91. The Balaban J connectivity index is 2.02. The molecule has 0 saturated carbocycles. The average Bonchev–Trinajstić information content (AvgIpc) is 3.17. The fourth-order valence-corrected chi connectivity index (χ4v) is 4.66. The first kappa shape index (κ1) is 19.5. The predicted molar refractivity (Wildman–Crippen MR) is 109 cm³/mol. The molecule has 1 heterocycles. The van der Waals surface area contributed by atoms with Crippen LogP contribution in [0.5, 0.6) is 5.75 Å². The zero-order chi connectivity index (χ0) is 20.8. The van der Waals surface area contributed by atoms with Crippen molar-refractivity contribution in [1.29, 1.82) is 0 Å². The van der Waals surface area contributed by atoms with Crippen LogP contribution in [0, 0.1) is 5.41 Å². The first-order chi connectivity index (χ1) is 13.9. The second-order valence-electron chi connectivity index (χ2n) is 7.08. The van der Waals surface area contributed by atoms with Gasteiger partial charge in [-0.15, -0.1) is 0 Å². The fourth-order valence-electron chi connectivity index (χ4n) is 4.49. The van der Waals surface area contributed by atoms with E-state index in [-0.39, 0.29) is 19.6 Å². The number of fused-ring (bicyclic) bond motifs is 3. The number of ether oxygens (including phenoxy) is 3. The number of carbonyl (C=O) groups excluding carboxylic acids is 2. The van der Waals surface area contributed by atoms with Gasteiger partial charge in [-0.1, -0.05) is 42.4 Å². The van der Waals surface area contributed by atoms with Crippen molar-refractivity contribution in [3.8, 4) is 5.75 Å². The monoisotopic (exact) mass is 412 g/mol. The lowest BCUT2D eigenvalue weighted by Gasteiger charge is -2.39. The highest BCUT2D eigenvalue weighted by molar-refractivity contribution is 6.30. The van der Waals surface area contributed by atoms with Crippen LogP contribution in [0.15, 0.2) is 49.0 Å². The molecular formula is C23H21ClO5. The minimum Gasteiger partial charge on any atom is -0.475 e. The number of esters is 2. The summed E-state index contributed by atoms with van der Waals surface area (Å²) in [6.07, 6.45) is 0.0988. The molecule has 0 saturated heterocycles. The fraction of sp³-hybridized carbons (Fsp3) is 0.304. The maximum absolute atomic E-state index is 13.4. The number of hydrogen-bond acceptors (Lipinski definition) is 5. The molecule has 2 aromatic rings. The van der Waals surface area contributed by atoms with E-state index < -0.39 is 23.0 Å². The SMILES string of the molecule is C=C1c2cc(Cl)ccc2OC12c1ccccc1CC2(C(=O)OCC)C(=O)OCC. The summed E-state index contributed by atoms with van der Waals surface area (Å²) < 4.78 is 17.2. The molecule has 2 aliphatic rings. The van der Waals surface area contributed by atoms with Crippen molar-refractivity contribution in [2.24, 2.45) is 5.41 Å². The summed E-state index contributed by atoms with van der Waals surface area (Å²) in [5, 5.41) is 0.509. The normalized spacial score (nSPS) is 20.7. The van der Waals surface area contributed by atoms with Gasteiger partial charge in [-0.3, -0.25) is 9.59 Å². The van der Waals surface area contributed by atoms with Crippen LogP contribution in [-0.4, -0.2) is 25.2 Å². The van der Waals surface area contributed by atoms with Gasteiger partial charge < -0.3 is 14.2 Å². The van der Waals surface area contributed by atoms with E-state index in [1.54, 1.807) is 32.0 Å². The third-order valence-electron chi connectivity index (χ3n) is 5.66. The van der Waals surface area contributed by atoms with E-state index in [0.29, 0.717) is 27.5 Å². The summed E-state index contributed by atoms with van der Waals surface area (Å²) in [6.45, 7) is 7.89. The maximum Gasteiger partial charge on any atom is 0.328 e. The molecule has 29 heavy (non-hydrogen) atoms. The van der Waals surface area contributed by atoms with Gasteiger partial charge in [0.25, 0.3) is 0 Å². The summed E-state index contributed by atoms with van der Waals surface area (Å²) in [4.78, 5) is 26.8. The van der Waals surface area contributed by atoms with Crippen LogP contribution in [-0.2, 0) is 31.1 Å².